The van der Waals surface area contributed by atoms with Crippen LogP contribution in [0.5, 0.6) is 0 Å². The van der Waals surface area contributed by atoms with Gasteiger partial charge < -0.3 is 15.0 Å². The molecule has 1 N–H and O–H groups in total. The van der Waals surface area contributed by atoms with Gasteiger partial charge >= 0.3 is 12.1 Å². The van der Waals surface area contributed by atoms with Crippen LogP contribution in [0.15, 0.2) is 18.2 Å². The molecule has 0 radical (unpaired) electrons. The second-order valence-electron chi connectivity index (χ2n) is 4.85. The number of carbonyl (C=O) groups is 1. The van der Waals surface area contributed by atoms with Crippen LogP contribution in [0.3, 0.4) is 0 Å². The Labute approximate surface area is 120 Å². The lowest BCUT2D eigenvalue weighted by molar-refractivity contribution is -0.138. The van der Waals surface area contributed by atoms with Gasteiger partial charge in [0.05, 0.1) is 24.0 Å². The molecule has 0 aliphatic carbocycles. The van der Waals surface area contributed by atoms with Gasteiger partial charge in [0, 0.05) is 13.1 Å². The lowest BCUT2D eigenvalue weighted by Crippen LogP contribution is -2.22. The summed E-state index contributed by atoms with van der Waals surface area (Å²) in [6.45, 7) is 1.44. The molecule has 1 aliphatic heterocycles. The zero-order valence-electron chi connectivity index (χ0n) is 11.7. The first-order valence-corrected chi connectivity index (χ1v) is 6.68. The van der Waals surface area contributed by atoms with Crippen LogP contribution in [-0.4, -0.2) is 32.7 Å². The molecule has 0 bridgehead atoms. The fourth-order valence-corrected chi connectivity index (χ4v) is 2.33. The van der Waals surface area contributed by atoms with E-state index in [0.29, 0.717) is 11.4 Å². The van der Waals surface area contributed by atoms with E-state index in [1.165, 1.54) is 13.2 Å². The maximum atomic E-state index is 12.8. The van der Waals surface area contributed by atoms with Gasteiger partial charge in [-0.1, -0.05) is 0 Å². The smallest absolute Gasteiger partial charge is 0.416 e. The van der Waals surface area contributed by atoms with E-state index in [0.717, 1.165) is 38.1 Å². The van der Waals surface area contributed by atoms with E-state index in [4.69, 9.17) is 0 Å². The first-order chi connectivity index (χ1) is 9.91. The minimum Gasteiger partial charge on any atom is -0.468 e. The molecule has 0 unspecified atom stereocenters. The van der Waals surface area contributed by atoms with Crippen molar-refractivity contribution in [3.05, 3.63) is 23.8 Å². The van der Waals surface area contributed by atoms with E-state index in [1.807, 2.05) is 4.90 Å². The van der Waals surface area contributed by atoms with E-state index < -0.39 is 17.7 Å². The van der Waals surface area contributed by atoms with Crippen LogP contribution in [0.1, 0.15) is 18.4 Å². The summed E-state index contributed by atoms with van der Waals surface area (Å²) >= 11 is 0. The Bertz CT molecular complexity index is 511. The number of alkyl halides is 3. The SMILES string of the molecule is COC(=O)CNc1cc(C(F)(F)F)ccc1N1CCCC1. The Morgan fingerprint density at radius 1 is 1.33 bits per heavy atom. The third-order valence-corrected chi connectivity index (χ3v) is 3.42. The van der Waals surface area contributed by atoms with Crippen LogP contribution in [-0.2, 0) is 15.7 Å². The largest absolute Gasteiger partial charge is 0.468 e. The molecule has 1 aromatic carbocycles. The molecular formula is C14H17F3N2O2. The van der Waals surface area contributed by atoms with E-state index in [9.17, 15) is 18.0 Å². The summed E-state index contributed by atoms with van der Waals surface area (Å²) in [5, 5.41) is 2.74. The number of rotatable bonds is 4. The highest BCUT2D eigenvalue weighted by molar-refractivity contribution is 5.79. The number of nitrogens with zero attached hydrogens (tertiary/aromatic N) is 1. The van der Waals surface area contributed by atoms with Crippen LogP contribution in [0, 0.1) is 0 Å². The van der Waals surface area contributed by atoms with E-state index in [-0.39, 0.29) is 6.54 Å². The highest BCUT2D eigenvalue weighted by Gasteiger charge is 2.31. The number of anilines is 2. The molecule has 0 atom stereocenters. The lowest BCUT2D eigenvalue weighted by Gasteiger charge is -2.23. The normalized spacial score (nSPS) is 15.1. The van der Waals surface area contributed by atoms with Crippen molar-refractivity contribution in [3.8, 4) is 0 Å². The molecule has 4 nitrogen and oxygen atoms in total. The number of nitrogens with one attached hydrogen (secondary N) is 1. The maximum absolute atomic E-state index is 12.8. The molecule has 0 aromatic heterocycles. The molecule has 0 amide bonds. The van der Waals surface area contributed by atoms with Crippen LogP contribution >= 0.6 is 0 Å². The number of halogens is 3. The van der Waals surface area contributed by atoms with Gasteiger partial charge in [0.1, 0.15) is 6.54 Å². The molecule has 0 saturated carbocycles. The number of esters is 1. The van der Waals surface area contributed by atoms with Crippen molar-refractivity contribution in [2.75, 3.05) is 37.0 Å². The molecule has 21 heavy (non-hydrogen) atoms. The molecule has 116 valence electrons. The van der Waals surface area contributed by atoms with Crippen molar-refractivity contribution in [2.45, 2.75) is 19.0 Å². The van der Waals surface area contributed by atoms with Crippen molar-refractivity contribution in [3.63, 3.8) is 0 Å². The molecule has 0 spiro atoms. The molecule has 7 heteroatoms. The van der Waals surface area contributed by atoms with Gasteiger partial charge in [-0.15, -0.1) is 0 Å². The van der Waals surface area contributed by atoms with Crippen LogP contribution < -0.4 is 10.2 Å². The number of methoxy groups -OCH3 is 1. The van der Waals surface area contributed by atoms with Crippen molar-refractivity contribution >= 4 is 17.3 Å². The predicted octanol–water partition coefficient (Wildman–Crippen LogP) is 2.89. The molecular weight excluding hydrogens is 285 g/mol. The highest BCUT2D eigenvalue weighted by Crippen LogP contribution is 2.36. The molecule has 1 aromatic rings. The number of hydrogen-bond acceptors (Lipinski definition) is 4. The minimum absolute atomic E-state index is 0.168. The Balaban J connectivity index is 2.28. The molecule has 1 heterocycles. The fourth-order valence-electron chi connectivity index (χ4n) is 2.33. The highest BCUT2D eigenvalue weighted by atomic mass is 19.4. The topological polar surface area (TPSA) is 41.6 Å². The van der Waals surface area contributed by atoms with Gasteiger partial charge in [0.15, 0.2) is 0 Å². The zero-order valence-corrected chi connectivity index (χ0v) is 11.7. The van der Waals surface area contributed by atoms with Gasteiger partial charge in [-0.3, -0.25) is 4.79 Å². The lowest BCUT2D eigenvalue weighted by atomic mass is 10.1. The Morgan fingerprint density at radius 3 is 2.57 bits per heavy atom. The van der Waals surface area contributed by atoms with Crippen LogP contribution in [0.4, 0.5) is 24.5 Å². The number of carbonyl (C=O) groups excluding carboxylic acids is 1. The average molecular weight is 302 g/mol. The van der Waals surface area contributed by atoms with Crippen molar-refractivity contribution in [2.24, 2.45) is 0 Å². The van der Waals surface area contributed by atoms with Crippen molar-refractivity contribution in [1.82, 2.24) is 0 Å². The number of ether oxygens (including phenoxy) is 1. The second-order valence-corrected chi connectivity index (χ2v) is 4.85. The quantitative estimate of drug-likeness (QED) is 0.868. The van der Waals surface area contributed by atoms with Gasteiger partial charge in [0.25, 0.3) is 0 Å². The van der Waals surface area contributed by atoms with Crippen LogP contribution in [0.2, 0.25) is 0 Å². The third kappa shape index (κ3) is 3.80. The Morgan fingerprint density at radius 2 is 2.00 bits per heavy atom. The second kappa shape index (κ2) is 6.24. The van der Waals surface area contributed by atoms with Gasteiger partial charge in [0.2, 0.25) is 0 Å². The maximum Gasteiger partial charge on any atom is 0.416 e. The summed E-state index contributed by atoms with van der Waals surface area (Å²) in [4.78, 5) is 13.2. The third-order valence-electron chi connectivity index (χ3n) is 3.42. The first-order valence-electron chi connectivity index (χ1n) is 6.68. The summed E-state index contributed by atoms with van der Waals surface area (Å²) in [7, 11) is 1.23. The molecule has 2 rings (SSSR count). The predicted molar refractivity (Wildman–Crippen MR) is 73.4 cm³/mol. The average Bonchev–Trinajstić information content (AvgIpc) is 2.97. The fraction of sp³-hybridized carbons (Fsp3) is 0.500. The minimum atomic E-state index is -4.41. The van der Waals surface area contributed by atoms with Crippen molar-refractivity contribution in [1.29, 1.82) is 0 Å². The summed E-state index contributed by atoms with van der Waals surface area (Å²) in [5.41, 5.74) is 0.249. The molecule has 1 fully saturated rings. The van der Waals surface area contributed by atoms with E-state index in [2.05, 4.69) is 10.1 Å². The van der Waals surface area contributed by atoms with E-state index in [1.54, 1.807) is 0 Å². The Kier molecular flexibility index (Phi) is 4.59. The van der Waals surface area contributed by atoms with Gasteiger partial charge in [-0.2, -0.15) is 13.2 Å². The summed E-state index contributed by atoms with van der Waals surface area (Å²) < 4.78 is 42.9. The molecule has 1 saturated heterocycles. The standard InChI is InChI=1S/C14H17F3N2O2/c1-21-13(20)9-18-11-8-10(14(15,16)17)4-5-12(11)19-6-2-3-7-19/h4-5,8,18H,2-3,6-7,9H2,1H3. The van der Waals surface area contributed by atoms with Crippen molar-refractivity contribution < 1.29 is 22.7 Å². The summed E-state index contributed by atoms with van der Waals surface area (Å²) in [5.74, 6) is -0.528. The van der Waals surface area contributed by atoms with Gasteiger partial charge in [-0.25, -0.2) is 0 Å². The van der Waals surface area contributed by atoms with E-state index >= 15 is 0 Å². The van der Waals surface area contributed by atoms with Crippen LogP contribution in [0.25, 0.3) is 0 Å². The summed E-state index contributed by atoms with van der Waals surface area (Å²) in [6.07, 6.45) is -2.39. The monoisotopic (exact) mass is 302 g/mol. The number of benzene rings is 1. The molecule has 1 aliphatic rings. The van der Waals surface area contributed by atoms with Gasteiger partial charge in [-0.05, 0) is 31.0 Å². The number of hydrogen-bond donors (Lipinski definition) is 1. The summed E-state index contributed by atoms with van der Waals surface area (Å²) in [6, 6.07) is 3.56. The first kappa shape index (κ1) is 15.5. The Hall–Kier alpha value is -1.92. The zero-order chi connectivity index (χ0) is 15.5.